The molecule has 3 aromatic rings. The number of nitrogens with zero attached hydrogens (tertiary/aromatic N) is 2. The highest BCUT2D eigenvalue weighted by Gasteiger charge is 2.18. The fourth-order valence-electron chi connectivity index (χ4n) is 2.47. The molecule has 0 amide bonds. The molecule has 0 aliphatic carbocycles. The number of aromatic nitrogens is 2. The van der Waals surface area contributed by atoms with E-state index in [0.29, 0.717) is 11.4 Å². The van der Waals surface area contributed by atoms with Crippen molar-refractivity contribution in [2.75, 3.05) is 0 Å². The van der Waals surface area contributed by atoms with Crippen LogP contribution >= 0.6 is 0 Å². The van der Waals surface area contributed by atoms with Crippen LogP contribution in [0.3, 0.4) is 0 Å². The van der Waals surface area contributed by atoms with E-state index in [9.17, 15) is 5.21 Å². The standard InChI is InChI=1S/C18H16N2O/c1-13-5-3-7-15(11-13)17-18(20(21)10-9-19-17)16-8-4-6-14(2)12-16/h3-12H,1-2H3. The van der Waals surface area contributed by atoms with Crippen LogP contribution in [0.15, 0.2) is 60.9 Å². The summed E-state index contributed by atoms with van der Waals surface area (Å²) in [7, 11) is 0. The van der Waals surface area contributed by atoms with Gasteiger partial charge in [0.2, 0.25) is 5.69 Å². The van der Waals surface area contributed by atoms with Gasteiger partial charge in [-0.2, -0.15) is 4.73 Å². The van der Waals surface area contributed by atoms with Crippen molar-refractivity contribution in [1.29, 1.82) is 0 Å². The van der Waals surface area contributed by atoms with Crippen molar-refractivity contribution in [2.45, 2.75) is 13.8 Å². The van der Waals surface area contributed by atoms with Crippen LogP contribution in [-0.4, -0.2) is 4.98 Å². The highest BCUT2D eigenvalue weighted by molar-refractivity contribution is 5.76. The van der Waals surface area contributed by atoms with Crippen LogP contribution in [0.1, 0.15) is 11.1 Å². The highest BCUT2D eigenvalue weighted by Crippen LogP contribution is 2.28. The molecule has 0 fully saturated rings. The van der Waals surface area contributed by atoms with Crippen LogP contribution < -0.4 is 4.73 Å². The van der Waals surface area contributed by atoms with Gasteiger partial charge in [0.15, 0.2) is 6.20 Å². The van der Waals surface area contributed by atoms with Gasteiger partial charge in [-0.3, -0.25) is 0 Å². The zero-order valence-corrected chi connectivity index (χ0v) is 12.1. The van der Waals surface area contributed by atoms with Gasteiger partial charge in [0.05, 0.1) is 11.8 Å². The topological polar surface area (TPSA) is 39.8 Å². The van der Waals surface area contributed by atoms with Crippen molar-refractivity contribution in [2.24, 2.45) is 0 Å². The normalized spacial score (nSPS) is 10.6. The molecular weight excluding hydrogens is 260 g/mol. The third kappa shape index (κ3) is 2.63. The van der Waals surface area contributed by atoms with Crippen molar-refractivity contribution in [1.82, 2.24) is 4.98 Å². The van der Waals surface area contributed by atoms with E-state index < -0.39 is 0 Å². The molecule has 0 saturated heterocycles. The first-order valence-corrected chi connectivity index (χ1v) is 6.87. The summed E-state index contributed by atoms with van der Waals surface area (Å²) in [4.78, 5) is 4.44. The molecule has 3 heteroatoms. The van der Waals surface area contributed by atoms with Gasteiger partial charge in [-0.1, -0.05) is 41.5 Å². The minimum absolute atomic E-state index is 0.590. The first-order valence-electron chi connectivity index (χ1n) is 6.87. The van der Waals surface area contributed by atoms with Gasteiger partial charge in [0.1, 0.15) is 5.69 Å². The van der Waals surface area contributed by atoms with Crippen LogP contribution in [0, 0.1) is 19.1 Å². The second kappa shape index (κ2) is 5.37. The van der Waals surface area contributed by atoms with Crippen LogP contribution in [0.4, 0.5) is 0 Å². The summed E-state index contributed by atoms with van der Waals surface area (Å²) in [6, 6.07) is 16.0. The Morgan fingerprint density at radius 1 is 0.905 bits per heavy atom. The summed E-state index contributed by atoms with van der Waals surface area (Å²) >= 11 is 0. The van der Waals surface area contributed by atoms with E-state index in [1.807, 2.05) is 62.4 Å². The molecule has 0 aliphatic rings. The second-order valence-corrected chi connectivity index (χ2v) is 5.19. The summed E-state index contributed by atoms with van der Waals surface area (Å²) in [5, 5.41) is 12.3. The molecule has 0 unspecified atom stereocenters. The molecule has 1 heterocycles. The molecule has 0 atom stereocenters. The van der Waals surface area contributed by atoms with E-state index in [4.69, 9.17) is 0 Å². The number of rotatable bonds is 2. The molecule has 0 N–H and O–H groups in total. The summed E-state index contributed by atoms with van der Waals surface area (Å²) in [5.74, 6) is 0. The maximum Gasteiger partial charge on any atom is 0.250 e. The lowest BCUT2D eigenvalue weighted by atomic mass is 10.0. The van der Waals surface area contributed by atoms with Gasteiger partial charge < -0.3 is 5.21 Å². The van der Waals surface area contributed by atoms with E-state index in [1.165, 1.54) is 6.20 Å². The molecule has 3 rings (SSSR count). The lowest BCUT2D eigenvalue weighted by Gasteiger charge is -2.10. The average Bonchev–Trinajstić information content (AvgIpc) is 2.47. The molecule has 3 nitrogen and oxygen atoms in total. The number of benzene rings is 2. The quantitative estimate of drug-likeness (QED) is 0.529. The largest absolute Gasteiger partial charge is 0.618 e. The molecule has 1 aromatic heterocycles. The van der Waals surface area contributed by atoms with Crippen molar-refractivity contribution in [3.63, 3.8) is 0 Å². The Morgan fingerprint density at radius 2 is 1.52 bits per heavy atom. The molecule has 0 bridgehead atoms. The molecule has 0 radical (unpaired) electrons. The number of hydrogen-bond donors (Lipinski definition) is 0. The maximum atomic E-state index is 12.3. The molecule has 0 spiro atoms. The Labute approximate surface area is 124 Å². The summed E-state index contributed by atoms with van der Waals surface area (Å²) in [5.41, 5.74) is 5.40. The smallest absolute Gasteiger partial charge is 0.250 e. The third-order valence-corrected chi connectivity index (χ3v) is 3.43. The SMILES string of the molecule is Cc1cccc(-c2ncc[n+]([O-])c2-c2cccc(C)c2)c1. The average molecular weight is 276 g/mol. The van der Waals surface area contributed by atoms with E-state index in [1.54, 1.807) is 6.20 Å². The van der Waals surface area contributed by atoms with E-state index in [-0.39, 0.29) is 0 Å². The fourth-order valence-corrected chi connectivity index (χ4v) is 2.47. The minimum Gasteiger partial charge on any atom is -0.618 e. The monoisotopic (exact) mass is 276 g/mol. The Bertz CT molecular complexity index is 797. The predicted molar refractivity (Wildman–Crippen MR) is 83.5 cm³/mol. The number of aryl methyl sites for hydroxylation is 2. The fraction of sp³-hybridized carbons (Fsp3) is 0.111. The van der Waals surface area contributed by atoms with Crippen LogP contribution in [0.5, 0.6) is 0 Å². The van der Waals surface area contributed by atoms with Gasteiger partial charge in [-0.05, 0) is 32.0 Å². The first-order chi connectivity index (χ1) is 10.1. The molecular formula is C18H16N2O. The molecule has 0 aliphatic heterocycles. The summed E-state index contributed by atoms with van der Waals surface area (Å²) in [6.07, 6.45) is 2.99. The Kier molecular flexibility index (Phi) is 3.40. The summed E-state index contributed by atoms with van der Waals surface area (Å²) in [6.45, 7) is 4.05. The van der Waals surface area contributed by atoms with Crippen molar-refractivity contribution in [3.05, 3.63) is 77.3 Å². The third-order valence-electron chi connectivity index (χ3n) is 3.43. The molecule has 21 heavy (non-hydrogen) atoms. The van der Waals surface area contributed by atoms with Crippen molar-refractivity contribution in [3.8, 4) is 22.5 Å². The maximum absolute atomic E-state index is 12.3. The Hall–Kier alpha value is -2.68. The van der Waals surface area contributed by atoms with E-state index in [2.05, 4.69) is 4.98 Å². The predicted octanol–water partition coefficient (Wildman–Crippen LogP) is 3.67. The van der Waals surface area contributed by atoms with Crippen LogP contribution in [0.2, 0.25) is 0 Å². The lowest BCUT2D eigenvalue weighted by Crippen LogP contribution is -2.29. The first kappa shape index (κ1) is 13.3. The minimum atomic E-state index is 0.590. The van der Waals surface area contributed by atoms with Crippen molar-refractivity contribution < 1.29 is 4.73 Å². The number of hydrogen-bond acceptors (Lipinski definition) is 2. The van der Waals surface area contributed by atoms with Crippen LogP contribution in [-0.2, 0) is 0 Å². The van der Waals surface area contributed by atoms with Gasteiger partial charge >= 0.3 is 0 Å². The molecule has 104 valence electrons. The van der Waals surface area contributed by atoms with Crippen LogP contribution in [0.25, 0.3) is 22.5 Å². The molecule has 2 aromatic carbocycles. The van der Waals surface area contributed by atoms with Gasteiger partial charge in [0.25, 0.3) is 0 Å². The molecule has 0 saturated carbocycles. The lowest BCUT2D eigenvalue weighted by molar-refractivity contribution is -0.593. The van der Waals surface area contributed by atoms with Gasteiger partial charge in [0, 0.05) is 5.56 Å². The zero-order chi connectivity index (χ0) is 14.8. The highest BCUT2D eigenvalue weighted by atomic mass is 16.5. The summed E-state index contributed by atoms with van der Waals surface area (Å²) < 4.78 is 0.888. The van der Waals surface area contributed by atoms with Gasteiger partial charge in [-0.15, -0.1) is 0 Å². The van der Waals surface area contributed by atoms with Crippen molar-refractivity contribution >= 4 is 0 Å². The van der Waals surface area contributed by atoms with E-state index >= 15 is 0 Å². The van der Waals surface area contributed by atoms with Gasteiger partial charge in [-0.25, -0.2) is 4.98 Å². The second-order valence-electron chi connectivity index (χ2n) is 5.19. The Morgan fingerprint density at radius 3 is 2.19 bits per heavy atom. The van der Waals surface area contributed by atoms with E-state index in [0.717, 1.165) is 27.0 Å². The zero-order valence-electron chi connectivity index (χ0n) is 12.1. The Balaban J connectivity index is 2.25.